The van der Waals surface area contributed by atoms with E-state index in [1.54, 1.807) is 4.90 Å². The zero-order valence-electron chi connectivity index (χ0n) is 9.04. The van der Waals surface area contributed by atoms with Crippen LogP contribution in [-0.4, -0.2) is 36.2 Å². The molecule has 1 aromatic rings. The Kier molecular flexibility index (Phi) is 1.66. The van der Waals surface area contributed by atoms with Crippen LogP contribution in [0.1, 0.15) is 11.6 Å². The van der Waals surface area contributed by atoms with Gasteiger partial charge in [0.1, 0.15) is 13.2 Å². The first-order valence-electron chi connectivity index (χ1n) is 5.62. The molecule has 4 rings (SSSR count). The molecule has 5 heteroatoms. The van der Waals surface area contributed by atoms with Crippen LogP contribution in [-0.2, 0) is 14.2 Å². The number of carbonyl (C=O) groups excluding carboxylic acids is 1. The van der Waals surface area contributed by atoms with Crippen LogP contribution in [0, 0.1) is 0 Å². The van der Waals surface area contributed by atoms with Gasteiger partial charge in [-0.3, -0.25) is 4.90 Å². The molecule has 17 heavy (non-hydrogen) atoms. The van der Waals surface area contributed by atoms with E-state index in [1.165, 1.54) is 0 Å². The third-order valence-corrected chi connectivity index (χ3v) is 3.41. The molecular weight excluding hydrogens is 222 g/mol. The van der Waals surface area contributed by atoms with Gasteiger partial charge in [0.05, 0.1) is 6.04 Å². The summed E-state index contributed by atoms with van der Waals surface area (Å²) in [4.78, 5) is 13.4. The van der Waals surface area contributed by atoms with Gasteiger partial charge in [-0.15, -0.1) is 0 Å². The highest BCUT2D eigenvalue weighted by molar-refractivity contribution is 5.71. The van der Waals surface area contributed by atoms with Crippen molar-refractivity contribution in [1.29, 1.82) is 0 Å². The molecule has 1 spiro atoms. The van der Waals surface area contributed by atoms with E-state index in [0.717, 1.165) is 5.56 Å². The largest absolute Gasteiger partial charge is 0.447 e. The van der Waals surface area contributed by atoms with Crippen LogP contribution in [0.4, 0.5) is 4.79 Å². The molecule has 3 heterocycles. The molecule has 88 valence electrons. The molecule has 3 saturated heterocycles. The summed E-state index contributed by atoms with van der Waals surface area (Å²) in [6, 6.07) is 9.76. The Bertz CT molecular complexity index is 471. The molecule has 0 bridgehead atoms. The van der Waals surface area contributed by atoms with Crippen LogP contribution in [0.3, 0.4) is 0 Å². The number of hydrogen-bond donors (Lipinski definition) is 0. The van der Waals surface area contributed by atoms with Gasteiger partial charge < -0.3 is 14.2 Å². The lowest BCUT2D eigenvalue weighted by Gasteiger charge is -2.18. The minimum atomic E-state index is -0.504. The minimum Gasteiger partial charge on any atom is -0.447 e. The fourth-order valence-electron chi connectivity index (χ4n) is 2.33. The third-order valence-electron chi connectivity index (χ3n) is 3.41. The van der Waals surface area contributed by atoms with Crippen molar-refractivity contribution < 1.29 is 19.0 Å². The van der Waals surface area contributed by atoms with E-state index in [9.17, 15) is 4.79 Å². The number of rotatable bonds is 2. The molecule has 1 amide bonds. The van der Waals surface area contributed by atoms with E-state index >= 15 is 0 Å². The number of carbonyl (C=O) groups is 1. The molecule has 0 radical (unpaired) electrons. The van der Waals surface area contributed by atoms with Crippen LogP contribution in [0.25, 0.3) is 0 Å². The van der Waals surface area contributed by atoms with Gasteiger partial charge in [0, 0.05) is 0 Å². The maximum atomic E-state index is 11.7. The SMILES string of the molecule is O=C1OC[C@@H](c2ccccc2)N1C1O[C@]12CO2. The third kappa shape index (κ3) is 1.29. The van der Waals surface area contributed by atoms with E-state index < -0.39 is 5.79 Å². The van der Waals surface area contributed by atoms with Gasteiger partial charge in [0.2, 0.25) is 5.79 Å². The standard InChI is InChI=1S/C12H11NO4/c14-11-13(10-12(17-10)7-16-12)9(6-15-11)8-4-2-1-3-5-8/h1-5,9-10H,6-7H2/t9-,10?,12+/m0/s1. The zero-order valence-corrected chi connectivity index (χ0v) is 9.04. The van der Waals surface area contributed by atoms with E-state index in [2.05, 4.69) is 0 Å². The number of nitrogens with zero attached hydrogens (tertiary/aromatic N) is 1. The maximum Gasteiger partial charge on any atom is 0.412 e. The molecule has 3 aliphatic heterocycles. The molecule has 3 atom stereocenters. The van der Waals surface area contributed by atoms with Gasteiger partial charge >= 0.3 is 6.09 Å². The second kappa shape index (κ2) is 3.00. The summed E-state index contributed by atoms with van der Waals surface area (Å²) >= 11 is 0. The first-order chi connectivity index (χ1) is 8.30. The lowest BCUT2D eigenvalue weighted by molar-refractivity contribution is 0.139. The molecular formula is C12H11NO4. The topological polar surface area (TPSA) is 54.6 Å². The van der Waals surface area contributed by atoms with Crippen molar-refractivity contribution in [2.24, 2.45) is 0 Å². The van der Waals surface area contributed by atoms with Gasteiger partial charge in [-0.2, -0.15) is 0 Å². The van der Waals surface area contributed by atoms with Crippen LogP contribution >= 0.6 is 0 Å². The van der Waals surface area contributed by atoms with Gasteiger partial charge in [0.25, 0.3) is 0 Å². The maximum absolute atomic E-state index is 11.7. The molecule has 0 aromatic heterocycles. The number of amides is 1. The van der Waals surface area contributed by atoms with Gasteiger partial charge in [-0.05, 0) is 5.56 Å². The van der Waals surface area contributed by atoms with E-state index in [0.29, 0.717) is 13.2 Å². The monoisotopic (exact) mass is 233 g/mol. The van der Waals surface area contributed by atoms with Crippen LogP contribution in [0.2, 0.25) is 0 Å². The normalized spacial score (nSPS) is 38.4. The summed E-state index contributed by atoms with van der Waals surface area (Å²) in [6.45, 7) is 0.946. The Morgan fingerprint density at radius 2 is 2.06 bits per heavy atom. The molecule has 5 nitrogen and oxygen atoms in total. The van der Waals surface area contributed by atoms with Crippen molar-refractivity contribution in [3.63, 3.8) is 0 Å². The summed E-state index contributed by atoms with van der Waals surface area (Å²) in [5.74, 6) is -0.504. The fraction of sp³-hybridized carbons (Fsp3) is 0.417. The van der Waals surface area contributed by atoms with Crippen molar-refractivity contribution in [3.05, 3.63) is 35.9 Å². The number of epoxide rings is 2. The van der Waals surface area contributed by atoms with Gasteiger partial charge in [-0.25, -0.2) is 4.79 Å². The van der Waals surface area contributed by atoms with E-state index in [-0.39, 0.29) is 18.4 Å². The fourth-order valence-corrected chi connectivity index (χ4v) is 2.33. The molecule has 0 N–H and O–H groups in total. The smallest absolute Gasteiger partial charge is 0.412 e. The van der Waals surface area contributed by atoms with Gasteiger partial charge in [0.15, 0.2) is 6.23 Å². The quantitative estimate of drug-likeness (QED) is 0.722. The number of hydrogen-bond acceptors (Lipinski definition) is 4. The van der Waals surface area contributed by atoms with E-state index in [4.69, 9.17) is 14.2 Å². The first-order valence-corrected chi connectivity index (χ1v) is 5.62. The second-order valence-electron chi connectivity index (χ2n) is 4.48. The van der Waals surface area contributed by atoms with E-state index in [1.807, 2.05) is 30.3 Å². The highest BCUT2D eigenvalue weighted by Crippen LogP contribution is 2.53. The lowest BCUT2D eigenvalue weighted by atomic mass is 10.1. The highest BCUT2D eigenvalue weighted by Gasteiger charge is 2.74. The van der Waals surface area contributed by atoms with Crippen molar-refractivity contribution >= 4 is 6.09 Å². The summed E-state index contributed by atoms with van der Waals surface area (Å²) in [5.41, 5.74) is 1.06. The number of cyclic esters (lactones) is 1. The number of benzene rings is 1. The van der Waals surface area contributed by atoms with Crippen LogP contribution in [0.15, 0.2) is 30.3 Å². The highest BCUT2D eigenvalue weighted by atomic mass is 16.9. The van der Waals surface area contributed by atoms with Gasteiger partial charge in [-0.1, -0.05) is 30.3 Å². The summed E-state index contributed by atoms with van der Waals surface area (Å²) in [7, 11) is 0. The molecule has 3 aliphatic rings. The first kappa shape index (κ1) is 9.44. The van der Waals surface area contributed by atoms with Crippen molar-refractivity contribution in [3.8, 4) is 0 Å². The van der Waals surface area contributed by atoms with Crippen molar-refractivity contribution in [1.82, 2.24) is 4.90 Å². The Morgan fingerprint density at radius 3 is 2.71 bits per heavy atom. The molecule has 1 aromatic carbocycles. The molecule has 1 unspecified atom stereocenters. The molecule has 0 saturated carbocycles. The zero-order chi connectivity index (χ0) is 11.5. The Hall–Kier alpha value is -1.59. The average molecular weight is 233 g/mol. The van der Waals surface area contributed by atoms with Crippen molar-refractivity contribution in [2.75, 3.05) is 13.2 Å². The average Bonchev–Trinajstić information content (AvgIpc) is 3.25. The Labute approximate surface area is 97.9 Å². The summed E-state index contributed by atoms with van der Waals surface area (Å²) in [6.07, 6.45) is -0.598. The van der Waals surface area contributed by atoms with Crippen LogP contribution in [0.5, 0.6) is 0 Å². The second-order valence-corrected chi connectivity index (χ2v) is 4.48. The van der Waals surface area contributed by atoms with Crippen molar-refractivity contribution in [2.45, 2.75) is 18.1 Å². The predicted octanol–water partition coefficient (Wildman–Crippen LogP) is 1.26. The minimum absolute atomic E-state index is 0.0720. The summed E-state index contributed by atoms with van der Waals surface area (Å²) in [5, 5.41) is 0. The Balaban J connectivity index is 1.64. The predicted molar refractivity (Wildman–Crippen MR) is 55.9 cm³/mol. The molecule has 0 aliphatic carbocycles. The summed E-state index contributed by atoms with van der Waals surface area (Å²) < 4.78 is 15.7. The van der Waals surface area contributed by atoms with Crippen LogP contribution < -0.4 is 0 Å². The number of ether oxygens (including phenoxy) is 3. The Morgan fingerprint density at radius 1 is 1.29 bits per heavy atom. The lowest BCUT2D eigenvalue weighted by Crippen LogP contribution is -2.32. The molecule has 3 fully saturated rings.